The van der Waals surface area contributed by atoms with E-state index in [1.807, 2.05) is 0 Å². The fourth-order valence-corrected chi connectivity index (χ4v) is 3.51. The lowest BCUT2D eigenvalue weighted by molar-refractivity contribution is 0.0950. The molecule has 1 amide bonds. The number of rotatable bonds is 4. The van der Waals surface area contributed by atoms with Gasteiger partial charge in [0.2, 0.25) is 0 Å². The van der Waals surface area contributed by atoms with Gasteiger partial charge in [-0.3, -0.25) is 4.79 Å². The Balaban J connectivity index is 1.80. The van der Waals surface area contributed by atoms with E-state index in [0.29, 0.717) is 10.6 Å². The Morgan fingerprint density at radius 2 is 2.00 bits per heavy atom. The summed E-state index contributed by atoms with van der Waals surface area (Å²) >= 11 is 9.29. The molecule has 1 saturated carbocycles. The van der Waals surface area contributed by atoms with Crippen LogP contribution in [-0.4, -0.2) is 12.5 Å². The summed E-state index contributed by atoms with van der Waals surface area (Å²) in [5, 5.41) is 3.56. The molecule has 0 spiro atoms. The van der Waals surface area contributed by atoms with Gasteiger partial charge < -0.3 is 5.32 Å². The predicted octanol–water partition coefficient (Wildman–Crippen LogP) is 4.80. The van der Waals surface area contributed by atoms with Crippen LogP contribution in [0.1, 0.15) is 48.9 Å². The molecule has 1 fully saturated rings. The maximum Gasteiger partial charge on any atom is 0.251 e. The highest BCUT2D eigenvalue weighted by molar-refractivity contribution is 9.10. The molecule has 1 aliphatic carbocycles. The molecule has 0 unspecified atom stereocenters. The fourth-order valence-electron chi connectivity index (χ4n) is 2.65. The third kappa shape index (κ3) is 4.81. The highest BCUT2D eigenvalue weighted by atomic mass is 79.9. The van der Waals surface area contributed by atoms with Crippen LogP contribution in [0.25, 0.3) is 0 Å². The van der Waals surface area contributed by atoms with Crippen molar-refractivity contribution in [3.05, 3.63) is 33.3 Å². The maximum absolute atomic E-state index is 12.0. The molecule has 1 aromatic rings. The van der Waals surface area contributed by atoms with Gasteiger partial charge in [-0.25, -0.2) is 0 Å². The van der Waals surface area contributed by atoms with Gasteiger partial charge >= 0.3 is 0 Å². The van der Waals surface area contributed by atoms with Crippen molar-refractivity contribution in [3.8, 4) is 0 Å². The lowest BCUT2D eigenvalue weighted by Crippen LogP contribution is -2.26. The monoisotopic (exact) mass is 343 g/mol. The molecule has 0 radical (unpaired) electrons. The molecule has 0 saturated heterocycles. The molecule has 0 atom stereocenters. The van der Waals surface area contributed by atoms with E-state index < -0.39 is 0 Å². The van der Waals surface area contributed by atoms with Gasteiger partial charge in [0.15, 0.2) is 0 Å². The zero-order valence-corrected chi connectivity index (χ0v) is 13.3. The Morgan fingerprint density at radius 1 is 1.26 bits per heavy atom. The Hall–Kier alpha value is -0.540. The molecule has 2 rings (SSSR count). The summed E-state index contributed by atoms with van der Waals surface area (Å²) < 4.78 is 0.831. The third-order valence-corrected chi connectivity index (χ3v) is 4.36. The first-order valence-corrected chi connectivity index (χ1v) is 8.06. The van der Waals surface area contributed by atoms with Crippen LogP contribution in [0.15, 0.2) is 22.7 Å². The Labute approximate surface area is 128 Å². The van der Waals surface area contributed by atoms with Crippen LogP contribution in [0, 0.1) is 5.92 Å². The topological polar surface area (TPSA) is 29.1 Å². The fraction of sp³-hybridized carbons (Fsp3) is 0.533. The summed E-state index contributed by atoms with van der Waals surface area (Å²) in [7, 11) is 0. The van der Waals surface area contributed by atoms with E-state index in [9.17, 15) is 4.79 Å². The number of carbonyl (C=O) groups is 1. The number of carbonyl (C=O) groups excluding carboxylic acids is 1. The van der Waals surface area contributed by atoms with Crippen molar-refractivity contribution < 1.29 is 4.79 Å². The molecule has 0 aliphatic heterocycles. The second kappa shape index (κ2) is 7.30. The third-order valence-electron chi connectivity index (χ3n) is 3.69. The van der Waals surface area contributed by atoms with Gasteiger partial charge in [0.25, 0.3) is 5.91 Å². The van der Waals surface area contributed by atoms with Crippen LogP contribution in [-0.2, 0) is 0 Å². The minimum absolute atomic E-state index is 0.0426. The lowest BCUT2D eigenvalue weighted by atomic mass is 9.87. The van der Waals surface area contributed by atoms with E-state index in [2.05, 4.69) is 21.2 Å². The smallest absolute Gasteiger partial charge is 0.251 e. The van der Waals surface area contributed by atoms with E-state index in [0.717, 1.165) is 23.4 Å². The summed E-state index contributed by atoms with van der Waals surface area (Å²) in [5.41, 5.74) is 0.614. The first kappa shape index (κ1) is 14.9. The van der Waals surface area contributed by atoms with Gasteiger partial charge in [0, 0.05) is 21.6 Å². The number of halogens is 2. The standard InChI is InChI=1S/C15H19BrClNO/c16-13-8-12(9-14(17)10-13)15(19)18-7-6-11-4-2-1-3-5-11/h8-11H,1-7H2,(H,18,19). The van der Waals surface area contributed by atoms with Gasteiger partial charge in [0.05, 0.1) is 0 Å². The molecule has 0 bridgehead atoms. The normalized spacial score (nSPS) is 16.3. The molecule has 1 N–H and O–H groups in total. The highest BCUT2D eigenvalue weighted by Crippen LogP contribution is 2.25. The summed E-state index contributed by atoms with van der Waals surface area (Å²) in [5.74, 6) is 0.749. The van der Waals surface area contributed by atoms with Crippen LogP contribution in [0.3, 0.4) is 0 Å². The maximum atomic E-state index is 12.0. The van der Waals surface area contributed by atoms with Crippen LogP contribution >= 0.6 is 27.5 Å². The van der Waals surface area contributed by atoms with Crippen molar-refractivity contribution >= 4 is 33.4 Å². The first-order valence-electron chi connectivity index (χ1n) is 6.89. The zero-order valence-electron chi connectivity index (χ0n) is 10.9. The Bertz CT molecular complexity index is 424. The molecular formula is C15H19BrClNO. The second-order valence-electron chi connectivity index (χ2n) is 5.21. The molecule has 0 heterocycles. The summed E-state index contributed by atoms with van der Waals surface area (Å²) in [4.78, 5) is 12.0. The van der Waals surface area contributed by atoms with E-state index in [4.69, 9.17) is 11.6 Å². The minimum atomic E-state index is -0.0426. The average Bonchev–Trinajstić information content (AvgIpc) is 2.38. The second-order valence-corrected chi connectivity index (χ2v) is 6.56. The molecular weight excluding hydrogens is 326 g/mol. The largest absolute Gasteiger partial charge is 0.352 e. The molecule has 4 heteroatoms. The number of nitrogens with one attached hydrogen (secondary N) is 1. The van der Waals surface area contributed by atoms with E-state index in [1.54, 1.807) is 18.2 Å². The average molecular weight is 345 g/mol. The van der Waals surface area contributed by atoms with Crippen molar-refractivity contribution in [2.45, 2.75) is 38.5 Å². The Morgan fingerprint density at radius 3 is 2.68 bits per heavy atom. The number of hydrogen-bond acceptors (Lipinski definition) is 1. The van der Waals surface area contributed by atoms with Crippen molar-refractivity contribution in [1.29, 1.82) is 0 Å². The SMILES string of the molecule is O=C(NCCC1CCCCC1)c1cc(Cl)cc(Br)c1. The molecule has 2 nitrogen and oxygen atoms in total. The summed E-state index contributed by atoms with van der Waals surface area (Å²) in [6.07, 6.45) is 7.80. The van der Waals surface area contributed by atoms with Gasteiger partial charge in [-0.15, -0.1) is 0 Å². The van der Waals surface area contributed by atoms with Gasteiger partial charge in [-0.05, 0) is 30.5 Å². The minimum Gasteiger partial charge on any atom is -0.352 e. The quantitative estimate of drug-likeness (QED) is 0.835. The molecule has 1 aromatic carbocycles. The van der Waals surface area contributed by atoms with Gasteiger partial charge in [0.1, 0.15) is 0 Å². The van der Waals surface area contributed by atoms with Crippen molar-refractivity contribution in [2.24, 2.45) is 5.92 Å². The molecule has 19 heavy (non-hydrogen) atoms. The van der Waals surface area contributed by atoms with Gasteiger partial charge in [-0.2, -0.15) is 0 Å². The van der Waals surface area contributed by atoms with Crippen LogP contribution in [0.5, 0.6) is 0 Å². The first-order chi connectivity index (χ1) is 9.15. The summed E-state index contributed by atoms with van der Waals surface area (Å²) in [6, 6.07) is 5.27. The lowest BCUT2D eigenvalue weighted by Gasteiger charge is -2.21. The molecule has 1 aliphatic rings. The van der Waals surface area contributed by atoms with Crippen molar-refractivity contribution in [1.82, 2.24) is 5.32 Å². The molecule has 0 aromatic heterocycles. The van der Waals surface area contributed by atoms with E-state index >= 15 is 0 Å². The zero-order chi connectivity index (χ0) is 13.7. The number of amides is 1. The van der Waals surface area contributed by atoms with Crippen molar-refractivity contribution in [2.75, 3.05) is 6.54 Å². The summed E-state index contributed by atoms with van der Waals surface area (Å²) in [6.45, 7) is 0.758. The highest BCUT2D eigenvalue weighted by Gasteiger charge is 2.14. The Kier molecular flexibility index (Phi) is 5.71. The van der Waals surface area contributed by atoms with E-state index in [-0.39, 0.29) is 5.91 Å². The number of hydrogen-bond donors (Lipinski definition) is 1. The predicted molar refractivity (Wildman–Crippen MR) is 82.7 cm³/mol. The van der Waals surface area contributed by atoms with Crippen LogP contribution in [0.2, 0.25) is 5.02 Å². The van der Waals surface area contributed by atoms with Crippen LogP contribution < -0.4 is 5.32 Å². The van der Waals surface area contributed by atoms with Gasteiger partial charge in [-0.1, -0.05) is 59.6 Å². The molecule has 104 valence electrons. The van der Waals surface area contributed by atoms with Crippen molar-refractivity contribution in [3.63, 3.8) is 0 Å². The van der Waals surface area contributed by atoms with Crippen LogP contribution in [0.4, 0.5) is 0 Å². The van der Waals surface area contributed by atoms with E-state index in [1.165, 1.54) is 32.1 Å². The number of benzene rings is 1.